The van der Waals surface area contributed by atoms with Crippen LogP contribution in [0.2, 0.25) is 0 Å². The molecule has 13 nitrogen and oxygen atoms in total. The molecule has 0 bridgehead atoms. The Morgan fingerprint density at radius 1 is 1.06 bits per heavy atom. The predicted octanol–water partition coefficient (Wildman–Crippen LogP) is 7.29. The number of carbonyl (C=O) groups is 1. The van der Waals surface area contributed by atoms with Gasteiger partial charge in [0, 0.05) is 42.6 Å². The van der Waals surface area contributed by atoms with Gasteiger partial charge in [0.1, 0.15) is 35.3 Å². The summed E-state index contributed by atoms with van der Waals surface area (Å²) in [4.78, 5) is 28.7. The Hall–Kier alpha value is -5.47. The molecule has 1 saturated heterocycles. The van der Waals surface area contributed by atoms with E-state index in [9.17, 15) is 15.3 Å². The van der Waals surface area contributed by atoms with Gasteiger partial charge < -0.3 is 19.1 Å². The van der Waals surface area contributed by atoms with Gasteiger partial charge >= 0.3 is 6.09 Å². The molecule has 2 aromatic carbocycles. The van der Waals surface area contributed by atoms with Crippen LogP contribution >= 0.6 is 0 Å². The van der Waals surface area contributed by atoms with E-state index in [1.54, 1.807) is 27.9 Å². The molecule has 4 aromatic rings. The minimum atomic E-state index is -0.991. The number of halogens is 1. The topological polar surface area (TPSA) is 145 Å². The largest absolute Gasteiger partial charge is 0.497 e. The number of piperidine rings is 1. The summed E-state index contributed by atoms with van der Waals surface area (Å²) in [6, 6.07) is 14.3. The third kappa shape index (κ3) is 7.69. The molecule has 0 unspecified atom stereocenters. The van der Waals surface area contributed by atoms with Crippen LogP contribution in [0.25, 0.3) is 5.65 Å². The number of anilines is 3. The van der Waals surface area contributed by atoms with Crippen LogP contribution in [-0.2, 0) is 11.3 Å². The molecule has 2 aromatic heterocycles. The van der Waals surface area contributed by atoms with E-state index in [-0.39, 0.29) is 51.9 Å². The Labute approximate surface area is 309 Å². The Bertz CT molecular complexity index is 2090. The fourth-order valence-electron chi connectivity index (χ4n) is 6.95. The van der Waals surface area contributed by atoms with E-state index in [4.69, 9.17) is 19.2 Å². The van der Waals surface area contributed by atoms with Gasteiger partial charge in [-0.2, -0.15) is 20.0 Å². The second-order valence-electron chi connectivity index (χ2n) is 16.0. The van der Waals surface area contributed by atoms with E-state index < -0.39 is 17.5 Å². The Balaban J connectivity index is 1.47. The number of methoxy groups -OCH3 is 1. The number of aromatic nitrogens is 4. The molecule has 278 valence electrons. The third-order valence-electron chi connectivity index (χ3n) is 9.97. The number of ether oxygens (including phenoxy) is 3. The van der Waals surface area contributed by atoms with Crippen molar-refractivity contribution in [3.63, 3.8) is 0 Å². The molecular formula is C39H46FN9O4. The summed E-state index contributed by atoms with van der Waals surface area (Å²) in [7, 11) is 3.68. The number of hydrogen-bond acceptors (Lipinski definition) is 11. The van der Waals surface area contributed by atoms with Crippen molar-refractivity contribution in [3.8, 4) is 23.6 Å². The number of benzene rings is 2. The first-order valence-corrected chi connectivity index (χ1v) is 17.7. The Morgan fingerprint density at radius 3 is 2.28 bits per heavy atom. The lowest BCUT2D eigenvalue weighted by Crippen LogP contribution is -2.60. The minimum Gasteiger partial charge on any atom is -0.497 e. The van der Waals surface area contributed by atoms with Gasteiger partial charge in [0.2, 0.25) is 0 Å². The van der Waals surface area contributed by atoms with E-state index in [1.807, 2.05) is 29.2 Å². The smallest absolute Gasteiger partial charge is 0.422 e. The Morgan fingerprint density at radius 2 is 1.72 bits per heavy atom. The molecule has 3 heterocycles. The van der Waals surface area contributed by atoms with E-state index in [0.717, 1.165) is 29.4 Å². The fraction of sp³-hybridized carbons (Fsp3) is 0.487. The third-order valence-corrected chi connectivity index (χ3v) is 9.97. The molecule has 1 saturated carbocycles. The second-order valence-corrected chi connectivity index (χ2v) is 16.0. The van der Waals surface area contributed by atoms with Crippen LogP contribution in [0.15, 0.2) is 42.6 Å². The van der Waals surface area contributed by atoms with Gasteiger partial charge in [0.05, 0.1) is 24.6 Å². The van der Waals surface area contributed by atoms with Gasteiger partial charge in [-0.1, -0.05) is 12.1 Å². The number of hydrogen-bond donors (Lipinski definition) is 0. The highest BCUT2D eigenvalue weighted by molar-refractivity contribution is 5.95. The number of fused-ring (bicyclic) bond motifs is 1. The molecule has 0 N–H and O–H groups in total. The lowest BCUT2D eigenvalue weighted by Gasteiger charge is -2.53. The van der Waals surface area contributed by atoms with Crippen molar-refractivity contribution < 1.29 is 23.4 Å². The van der Waals surface area contributed by atoms with Crippen molar-refractivity contribution >= 4 is 29.2 Å². The molecule has 6 rings (SSSR count). The van der Waals surface area contributed by atoms with Crippen LogP contribution in [0, 0.1) is 28.5 Å². The average Bonchev–Trinajstić information content (AvgIpc) is 3.84. The van der Waals surface area contributed by atoms with Crippen molar-refractivity contribution in [1.29, 1.82) is 10.5 Å². The highest BCUT2D eigenvalue weighted by Gasteiger charge is 2.44. The van der Waals surface area contributed by atoms with Crippen LogP contribution < -0.4 is 19.3 Å². The van der Waals surface area contributed by atoms with Crippen LogP contribution in [0.1, 0.15) is 91.0 Å². The van der Waals surface area contributed by atoms with Gasteiger partial charge in [-0.25, -0.2) is 19.1 Å². The van der Waals surface area contributed by atoms with Crippen molar-refractivity contribution in [2.24, 2.45) is 0 Å². The van der Waals surface area contributed by atoms with E-state index in [0.29, 0.717) is 36.6 Å². The van der Waals surface area contributed by atoms with Gasteiger partial charge in [-0.15, -0.1) is 5.10 Å². The van der Waals surface area contributed by atoms with Gasteiger partial charge in [0.15, 0.2) is 23.0 Å². The van der Waals surface area contributed by atoms with Gasteiger partial charge in [-0.3, -0.25) is 4.90 Å². The molecule has 1 aliphatic carbocycles. The first-order chi connectivity index (χ1) is 24.9. The Kier molecular flexibility index (Phi) is 9.73. The summed E-state index contributed by atoms with van der Waals surface area (Å²) < 4.78 is 35.3. The lowest BCUT2D eigenvalue weighted by molar-refractivity contribution is -0.0557. The first kappa shape index (κ1) is 37.3. The lowest BCUT2D eigenvalue weighted by atomic mass is 9.78. The molecular weight excluding hydrogens is 677 g/mol. The quantitative estimate of drug-likeness (QED) is 0.172. The summed E-state index contributed by atoms with van der Waals surface area (Å²) in [6.45, 7) is 14.0. The summed E-state index contributed by atoms with van der Waals surface area (Å²) >= 11 is 0. The zero-order valence-electron chi connectivity index (χ0n) is 31.8. The number of imidazole rings is 1. The number of nitrogens with zero attached hydrogens (tertiary/aromatic N) is 9. The number of likely N-dealkylation sites (tertiary alicyclic amines) is 1. The first-order valence-electron chi connectivity index (χ1n) is 17.7. The highest BCUT2D eigenvalue weighted by Crippen LogP contribution is 2.41. The van der Waals surface area contributed by atoms with Crippen molar-refractivity contribution in [2.45, 2.75) is 110 Å². The molecule has 1 aliphatic heterocycles. The highest BCUT2D eigenvalue weighted by atomic mass is 19.1. The molecule has 0 atom stereocenters. The van der Waals surface area contributed by atoms with Crippen molar-refractivity contribution in [1.82, 2.24) is 24.5 Å². The number of amides is 1. The average molecular weight is 724 g/mol. The summed E-state index contributed by atoms with van der Waals surface area (Å²) in [5.74, 6) is -0.00180. The summed E-state index contributed by atoms with van der Waals surface area (Å²) in [5, 5.41) is 24.9. The van der Waals surface area contributed by atoms with Crippen LogP contribution in [0.4, 0.5) is 26.6 Å². The number of carbonyl (C=O) groups excluding carboxylic acids is 1. The number of nitriles is 2. The number of rotatable bonds is 9. The summed E-state index contributed by atoms with van der Waals surface area (Å²) in [5.41, 5.74) is -0.374. The molecule has 2 aliphatic rings. The van der Waals surface area contributed by atoms with E-state index in [1.165, 1.54) is 16.8 Å². The van der Waals surface area contributed by atoms with E-state index >= 15 is 4.39 Å². The molecule has 0 radical (unpaired) electrons. The maximum absolute atomic E-state index is 16.6. The predicted molar refractivity (Wildman–Crippen MR) is 197 cm³/mol. The second kappa shape index (κ2) is 13.8. The standard InChI is InChI=1S/C39H46FN9O4/c1-37(2,3)53-36(50)48(31-16-25(20-41)32(17-30(31)40)52-29-18-38(4,5)46(8)39(6,7)19-29)35-44-34(33-43-22-27(21-42)49(33)45-35)47(26-12-13-26)23-24-10-14-28(51-9)15-11-24/h10-11,14-17,22,26,29H,12-13,18-19,23H2,1-9H3. The van der Waals surface area contributed by atoms with Crippen LogP contribution in [0.3, 0.4) is 0 Å². The van der Waals surface area contributed by atoms with E-state index in [2.05, 4.69) is 61.9 Å². The van der Waals surface area contributed by atoms with Crippen molar-refractivity contribution in [3.05, 3.63) is 65.2 Å². The summed E-state index contributed by atoms with van der Waals surface area (Å²) in [6.07, 6.45) is 3.18. The SMILES string of the molecule is COc1ccc(CN(c2nc(N(C(=O)OC(C)(C)C)c3cc(C#N)c(OC4CC(C)(C)N(C)C(C)(C)C4)cc3F)nn3c(C#N)cnc23)C2CC2)cc1. The minimum absolute atomic E-state index is 0.0188. The maximum Gasteiger partial charge on any atom is 0.422 e. The maximum atomic E-state index is 16.6. The zero-order chi connectivity index (χ0) is 38.5. The van der Waals surface area contributed by atoms with Gasteiger partial charge in [0.25, 0.3) is 5.95 Å². The molecule has 2 fully saturated rings. The van der Waals surface area contributed by atoms with Crippen LogP contribution in [-0.4, -0.2) is 73.6 Å². The molecule has 14 heteroatoms. The van der Waals surface area contributed by atoms with Crippen LogP contribution in [0.5, 0.6) is 11.5 Å². The molecule has 53 heavy (non-hydrogen) atoms. The van der Waals surface area contributed by atoms with Gasteiger partial charge in [-0.05, 0) is 92.1 Å². The van der Waals surface area contributed by atoms with Crippen molar-refractivity contribution in [2.75, 3.05) is 24.0 Å². The monoisotopic (exact) mass is 723 g/mol. The molecule has 1 amide bonds. The molecule has 0 spiro atoms. The normalized spacial score (nSPS) is 17.1. The zero-order valence-corrected chi connectivity index (χ0v) is 31.8. The fourth-order valence-corrected chi connectivity index (χ4v) is 6.95.